The van der Waals surface area contributed by atoms with Crippen molar-refractivity contribution in [2.24, 2.45) is 0 Å². The summed E-state index contributed by atoms with van der Waals surface area (Å²) in [4.78, 5) is 2.47. The van der Waals surface area contributed by atoms with Gasteiger partial charge in [0, 0.05) is 33.1 Å². The van der Waals surface area contributed by atoms with E-state index in [-0.39, 0.29) is 0 Å². The van der Waals surface area contributed by atoms with E-state index in [1.165, 1.54) is 65.6 Å². The molecule has 10 aromatic rings. The molecule has 1 aromatic heterocycles. The van der Waals surface area contributed by atoms with Crippen molar-refractivity contribution in [3.05, 3.63) is 206 Å². The van der Waals surface area contributed by atoms with Crippen LogP contribution in [0.25, 0.3) is 71.3 Å². The standard InChI is InChI=1S/C50H34N2/c1-3-16-35(17-4-1)40-32-33-49(44-24-10-9-23-41(40)44)52(47-28-13-11-25-43(47)42-27-15-19-36-18-7-8-22-39(36)42)38-30-31-46-45-26-12-14-29-48(45)51(50(46)34-38)37-20-5-2-6-21-37/h1-34H. The Bertz CT molecular complexity index is 2900. The summed E-state index contributed by atoms with van der Waals surface area (Å²) in [6, 6.07) is 74.8. The van der Waals surface area contributed by atoms with Crippen molar-refractivity contribution in [1.82, 2.24) is 4.57 Å². The van der Waals surface area contributed by atoms with Gasteiger partial charge in [0.25, 0.3) is 0 Å². The second-order valence-electron chi connectivity index (χ2n) is 13.3. The molecule has 0 radical (unpaired) electrons. The van der Waals surface area contributed by atoms with Gasteiger partial charge in [0.2, 0.25) is 0 Å². The van der Waals surface area contributed by atoms with Crippen molar-refractivity contribution in [2.45, 2.75) is 0 Å². The van der Waals surface area contributed by atoms with Gasteiger partial charge in [0.05, 0.1) is 22.4 Å². The Morgan fingerprint density at radius 2 is 0.942 bits per heavy atom. The summed E-state index contributed by atoms with van der Waals surface area (Å²) in [6.07, 6.45) is 0. The van der Waals surface area contributed by atoms with Gasteiger partial charge in [-0.15, -0.1) is 0 Å². The summed E-state index contributed by atoms with van der Waals surface area (Å²) < 4.78 is 2.40. The van der Waals surface area contributed by atoms with E-state index in [1.807, 2.05) is 0 Å². The summed E-state index contributed by atoms with van der Waals surface area (Å²) in [7, 11) is 0. The highest BCUT2D eigenvalue weighted by atomic mass is 15.1. The molecule has 244 valence electrons. The van der Waals surface area contributed by atoms with Crippen LogP contribution in [-0.4, -0.2) is 4.57 Å². The molecular formula is C50H34N2. The van der Waals surface area contributed by atoms with E-state index in [2.05, 4.69) is 216 Å². The van der Waals surface area contributed by atoms with Crippen LogP contribution in [0.1, 0.15) is 0 Å². The summed E-state index contributed by atoms with van der Waals surface area (Å²) in [5, 5.41) is 7.36. The lowest BCUT2D eigenvalue weighted by Crippen LogP contribution is -2.12. The van der Waals surface area contributed by atoms with E-state index in [9.17, 15) is 0 Å². The molecule has 0 aliphatic rings. The predicted octanol–water partition coefficient (Wildman–Crippen LogP) is 13.9. The molecule has 0 unspecified atom stereocenters. The molecule has 10 rings (SSSR count). The molecule has 52 heavy (non-hydrogen) atoms. The average molecular weight is 663 g/mol. The number of benzene rings is 9. The van der Waals surface area contributed by atoms with Crippen LogP contribution >= 0.6 is 0 Å². The first kappa shape index (κ1) is 30.0. The number of hydrogen-bond acceptors (Lipinski definition) is 1. The van der Waals surface area contributed by atoms with Crippen molar-refractivity contribution in [2.75, 3.05) is 4.90 Å². The normalized spacial score (nSPS) is 11.5. The van der Waals surface area contributed by atoms with Crippen LogP contribution in [0, 0.1) is 0 Å². The fraction of sp³-hybridized carbons (Fsp3) is 0. The number of anilines is 3. The van der Waals surface area contributed by atoms with Crippen LogP contribution in [0.2, 0.25) is 0 Å². The fourth-order valence-electron chi connectivity index (χ4n) is 8.07. The Morgan fingerprint density at radius 3 is 1.79 bits per heavy atom. The monoisotopic (exact) mass is 662 g/mol. The van der Waals surface area contributed by atoms with E-state index >= 15 is 0 Å². The SMILES string of the molecule is c1ccc(-c2ccc(N(c3ccc4c5ccccc5n(-c5ccccc5)c4c3)c3ccccc3-c3cccc4ccccc34)c3ccccc23)cc1. The number of para-hydroxylation sites is 3. The maximum absolute atomic E-state index is 2.47. The van der Waals surface area contributed by atoms with Gasteiger partial charge in [-0.2, -0.15) is 0 Å². The zero-order chi connectivity index (χ0) is 34.4. The van der Waals surface area contributed by atoms with Crippen LogP contribution in [0.15, 0.2) is 206 Å². The quantitative estimate of drug-likeness (QED) is 0.172. The number of nitrogens with zero attached hydrogens (tertiary/aromatic N) is 2. The zero-order valence-corrected chi connectivity index (χ0v) is 28.5. The molecule has 0 bridgehead atoms. The molecule has 2 heteroatoms. The highest BCUT2D eigenvalue weighted by Gasteiger charge is 2.23. The van der Waals surface area contributed by atoms with Crippen molar-refractivity contribution in [1.29, 1.82) is 0 Å². The van der Waals surface area contributed by atoms with Gasteiger partial charge in [-0.3, -0.25) is 0 Å². The van der Waals surface area contributed by atoms with Gasteiger partial charge in [-0.1, -0.05) is 164 Å². The Balaban J connectivity index is 1.29. The Morgan fingerprint density at radius 1 is 0.327 bits per heavy atom. The first-order valence-electron chi connectivity index (χ1n) is 17.9. The molecule has 0 aliphatic heterocycles. The molecule has 0 N–H and O–H groups in total. The fourth-order valence-corrected chi connectivity index (χ4v) is 8.07. The molecule has 2 nitrogen and oxygen atoms in total. The third-order valence-corrected chi connectivity index (χ3v) is 10.4. The van der Waals surface area contributed by atoms with Gasteiger partial charge in [0.15, 0.2) is 0 Å². The second-order valence-corrected chi connectivity index (χ2v) is 13.3. The van der Waals surface area contributed by atoms with Gasteiger partial charge < -0.3 is 9.47 Å². The zero-order valence-electron chi connectivity index (χ0n) is 28.5. The molecule has 0 atom stereocenters. The van der Waals surface area contributed by atoms with Gasteiger partial charge >= 0.3 is 0 Å². The van der Waals surface area contributed by atoms with E-state index in [1.54, 1.807) is 0 Å². The molecule has 0 saturated heterocycles. The second kappa shape index (κ2) is 12.5. The van der Waals surface area contributed by atoms with Crippen molar-refractivity contribution < 1.29 is 0 Å². The maximum Gasteiger partial charge on any atom is 0.0561 e. The van der Waals surface area contributed by atoms with Crippen molar-refractivity contribution >= 4 is 60.4 Å². The van der Waals surface area contributed by atoms with E-state index < -0.39 is 0 Å². The average Bonchev–Trinajstić information content (AvgIpc) is 3.55. The molecule has 0 saturated carbocycles. The van der Waals surface area contributed by atoms with Crippen molar-refractivity contribution in [3.8, 4) is 27.9 Å². The highest BCUT2D eigenvalue weighted by molar-refractivity contribution is 6.12. The Labute approximate surface area is 303 Å². The molecule has 0 spiro atoms. The van der Waals surface area contributed by atoms with Crippen molar-refractivity contribution in [3.63, 3.8) is 0 Å². The molecule has 9 aromatic carbocycles. The first-order chi connectivity index (χ1) is 25.8. The first-order valence-corrected chi connectivity index (χ1v) is 17.9. The third-order valence-electron chi connectivity index (χ3n) is 10.4. The van der Waals surface area contributed by atoms with E-state index in [4.69, 9.17) is 0 Å². The number of hydrogen-bond donors (Lipinski definition) is 0. The van der Waals surface area contributed by atoms with E-state index in [0.717, 1.165) is 22.7 Å². The summed E-state index contributed by atoms with van der Waals surface area (Å²) in [5.74, 6) is 0. The van der Waals surface area contributed by atoms with Gasteiger partial charge in [-0.25, -0.2) is 0 Å². The lowest BCUT2D eigenvalue weighted by atomic mass is 9.94. The topological polar surface area (TPSA) is 8.17 Å². The van der Waals surface area contributed by atoms with Crippen LogP contribution in [-0.2, 0) is 0 Å². The van der Waals surface area contributed by atoms with Crippen LogP contribution in [0.4, 0.5) is 17.1 Å². The summed E-state index contributed by atoms with van der Waals surface area (Å²) in [6.45, 7) is 0. The number of rotatable bonds is 6. The van der Waals surface area contributed by atoms with Gasteiger partial charge in [0.1, 0.15) is 0 Å². The minimum absolute atomic E-state index is 1.10. The smallest absolute Gasteiger partial charge is 0.0561 e. The lowest BCUT2D eigenvalue weighted by molar-refractivity contribution is 1.18. The minimum atomic E-state index is 1.10. The molecule has 0 fully saturated rings. The number of aromatic nitrogens is 1. The largest absolute Gasteiger partial charge is 0.309 e. The molecular weight excluding hydrogens is 629 g/mol. The molecule has 1 heterocycles. The summed E-state index contributed by atoms with van der Waals surface area (Å²) in [5.41, 5.74) is 11.7. The van der Waals surface area contributed by atoms with Crippen LogP contribution in [0.5, 0.6) is 0 Å². The molecule has 0 amide bonds. The molecule has 0 aliphatic carbocycles. The maximum atomic E-state index is 2.47. The lowest BCUT2D eigenvalue weighted by Gasteiger charge is -2.30. The minimum Gasteiger partial charge on any atom is -0.309 e. The third kappa shape index (κ3) is 4.88. The van der Waals surface area contributed by atoms with Gasteiger partial charge in [-0.05, 0) is 75.3 Å². The van der Waals surface area contributed by atoms with Crippen LogP contribution < -0.4 is 4.90 Å². The highest BCUT2D eigenvalue weighted by Crippen LogP contribution is 2.47. The predicted molar refractivity (Wildman–Crippen MR) is 221 cm³/mol. The Kier molecular flexibility index (Phi) is 7.18. The Hall–Kier alpha value is -6.90. The summed E-state index contributed by atoms with van der Waals surface area (Å²) >= 11 is 0. The van der Waals surface area contributed by atoms with E-state index in [0.29, 0.717) is 0 Å². The number of fused-ring (bicyclic) bond motifs is 5. The van der Waals surface area contributed by atoms with Crippen LogP contribution in [0.3, 0.4) is 0 Å².